The number of benzene rings is 1. The summed E-state index contributed by atoms with van der Waals surface area (Å²) in [5.41, 5.74) is 2.12. The Morgan fingerprint density at radius 2 is 1.96 bits per heavy atom. The van der Waals surface area contributed by atoms with Crippen LogP contribution in [0.5, 0.6) is 0 Å². The van der Waals surface area contributed by atoms with Crippen molar-refractivity contribution in [3.8, 4) is 0 Å². The third-order valence-electron chi connectivity index (χ3n) is 5.76. The van der Waals surface area contributed by atoms with Gasteiger partial charge in [0.05, 0.1) is 11.0 Å². The standard InChI is InChI=1S/C18H22N4O/c23-17(11-12-9-13-5-6-14(10-12)19-13)22-8-7-21-16-4-2-1-3-15(16)20-18(21)22/h1-4,12-14,19H,5-11H2. The number of aromatic nitrogens is 2. The summed E-state index contributed by atoms with van der Waals surface area (Å²) >= 11 is 0. The van der Waals surface area contributed by atoms with Crippen LogP contribution < -0.4 is 10.2 Å². The molecule has 2 saturated heterocycles. The van der Waals surface area contributed by atoms with Gasteiger partial charge in [0.1, 0.15) is 0 Å². The molecule has 2 atom stereocenters. The number of para-hydroxylation sites is 2. The Labute approximate surface area is 135 Å². The normalized spacial score (nSPS) is 29.2. The van der Waals surface area contributed by atoms with Gasteiger partial charge in [-0.2, -0.15) is 0 Å². The molecule has 0 saturated carbocycles. The monoisotopic (exact) mass is 310 g/mol. The van der Waals surface area contributed by atoms with Crippen LogP contribution in [0.4, 0.5) is 5.95 Å². The summed E-state index contributed by atoms with van der Waals surface area (Å²) in [5.74, 6) is 1.64. The van der Waals surface area contributed by atoms with Crippen LogP contribution in [-0.4, -0.2) is 34.1 Å². The minimum Gasteiger partial charge on any atom is -0.311 e. The Bertz CT molecular complexity index is 755. The zero-order chi connectivity index (χ0) is 15.4. The number of piperidine rings is 1. The van der Waals surface area contributed by atoms with Gasteiger partial charge < -0.3 is 9.88 Å². The van der Waals surface area contributed by atoms with Crippen molar-refractivity contribution < 1.29 is 4.79 Å². The maximum Gasteiger partial charge on any atom is 0.229 e. The van der Waals surface area contributed by atoms with E-state index >= 15 is 0 Å². The summed E-state index contributed by atoms with van der Waals surface area (Å²) in [4.78, 5) is 19.4. The van der Waals surface area contributed by atoms with Gasteiger partial charge in [-0.1, -0.05) is 12.1 Å². The largest absolute Gasteiger partial charge is 0.311 e. The molecule has 120 valence electrons. The molecule has 2 fully saturated rings. The first kappa shape index (κ1) is 13.5. The van der Waals surface area contributed by atoms with Crippen LogP contribution in [0.15, 0.2) is 24.3 Å². The molecule has 5 rings (SSSR count). The molecule has 2 aromatic rings. The third-order valence-corrected chi connectivity index (χ3v) is 5.76. The number of amides is 1. The molecule has 1 aromatic carbocycles. The number of anilines is 1. The van der Waals surface area contributed by atoms with Crippen molar-refractivity contribution in [3.05, 3.63) is 24.3 Å². The highest BCUT2D eigenvalue weighted by molar-refractivity contribution is 5.95. The Morgan fingerprint density at radius 1 is 1.17 bits per heavy atom. The van der Waals surface area contributed by atoms with Crippen LogP contribution >= 0.6 is 0 Å². The lowest BCUT2D eigenvalue weighted by atomic mass is 9.89. The Hall–Kier alpha value is -1.88. The van der Waals surface area contributed by atoms with Gasteiger partial charge in [-0.05, 0) is 43.7 Å². The molecule has 5 nitrogen and oxygen atoms in total. The van der Waals surface area contributed by atoms with E-state index in [0.29, 0.717) is 24.4 Å². The van der Waals surface area contributed by atoms with Crippen molar-refractivity contribution in [2.24, 2.45) is 5.92 Å². The topological polar surface area (TPSA) is 50.2 Å². The minimum atomic E-state index is 0.255. The van der Waals surface area contributed by atoms with E-state index < -0.39 is 0 Å². The van der Waals surface area contributed by atoms with Gasteiger partial charge in [0.25, 0.3) is 0 Å². The van der Waals surface area contributed by atoms with Crippen LogP contribution in [-0.2, 0) is 11.3 Å². The molecule has 0 spiro atoms. The maximum atomic E-state index is 12.8. The van der Waals surface area contributed by atoms with Crippen LogP contribution in [0.3, 0.4) is 0 Å². The fraction of sp³-hybridized carbons (Fsp3) is 0.556. The third kappa shape index (κ3) is 2.17. The molecule has 5 heteroatoms. The molecular formula is C18H22N4O. The van der Waals surface area contributed by atoms with Crippen molar-refractivity contribution >= 4 is 22.9 Å². The second-order valence-corrected chi connectivity index (χ2v) is 7.28. The molecule has 0 aliphatic carbocycles. The first-order chi connectivity index (χ1) is 11.3. The molecule has 1 N–H and O–H groups in total. The van der Waals surface area contributed by atoms with E-state index in [1.807, 2.05) is 23.1 Å². The van der Waals surface area contributed by atoms with Gasteiger partial charge >= 0.3 is 0 Å². The van der Waals surface area contributed by atoms with Gasteiger partial charge in [0, 0.05) is 31.6 Å². The number of nitrogens with one attached hydrogen (secondary N) is 1. The fourth-order valence-corrected chi connectivity index (χ4v) is 4.72. The van der Waals surface area contributed by atoms with E-state index in [2.05, 4.69) is 20.9 Å². The molecule has 2 unspecified atom stereocenters. The number of nitrogens with zero attached hydrogens (tertiary/aromatic N) is 3. The minimum absolute atomic E-state index is 0.255. The first-order valence-corrected chi connectivity index (χ1v) is 8.79. The van der Waals surface area contributed by atoms with Crippen molar-refractivity contribution in [1.29, 1.82) is 0 Å². The van der Waals surface area contributed by atoms with Crippen LogP contribution in [0.2, 0.25) is 0 Å². The smallest absolute Gasteiger partial charge is 0.229 e. The highest BCUT2D eigenvalue weighted by Crippen LogP contribution is 2.34. The van der Waals surface area contributed by atoms with Crippen LogP contribution in [0.1, 0.15) is 32.1 Å². The highest BCUT2D eigenvalue weighted by atomic mass is 16.2. The summed E-state index contributed by atoms with van der Waals surface area (Å²) < 4.78 is 2.18. The molecular weight excluding hydrogens is 288 g/mol. The summed E-state index contributed by atoms with van der Waals surface area (Å²) in [6.07, 6.45) is 5.57. The van der Waals surface area contributed by atoms with E-state index in [-0.39, 0.29) is 5.91 Å². The van der Waals surface area contributed by atoms with Crippen LogP contribution in [0.25, 0.3) is 11.0 Å². The van der Waals surface area contributed by atoms with Crippen molar-refractivity contribution in [1.82, 2.24) is 14.9 Å². The summed E-state index contributed by atoms with van der Waals surface area (Å²) in [7, 11) is 0. The number of carbonyl (C=O) groups is 1. The second kappa shape index (κ2) is 5.06. The zero-order valence-corrected chi connectivity index (χ0v) is 13.2. The first-order valence-electron chi connectivity index (χ1n) is 8.79. The Morgan fingerprint density at radius 3 is 2.78 bits per heavy atom. The molecule has 1 amide bonds. The number of hydrogen-bond acceptors (Lipinski definition) is 3. The molecule has 2 bridgehead atoms. The summed E-state index contributed by atoms with van der Waals surface area (Å²) in [6, 6.07) is 9.44. The van der Waals surface area contributed by atoms with Crippen molar-refractivity contribution in [2.75, 3.05) is 11.4 Å². The number of rotatable bonds is 2. The average molecular weight is 310 g/mol. The zero-order valence-electron chi connectivity index (χ0n) is 13.2. The Balaban J connectivity index is 1.36. The Kier molecular flexibility index (Phi) is 2.98. The maximum absolute atomic E-state index is 12.8. The quantitative estimate of drug-likeness (QED) is 0.926. The van der Waals surface area contributed by atoms with Gasteiger partial charge in [-0.15, -0.1) is 0 Å². The number of carbonyl (C=O) groups excluding carboxylic acids is 1. The molecule has 1 aromatic heterocycles. The lowest BCUT2D eigenvalue weighted by Crippen LogP contribution is -2.40. The number of imidazole rings is 1. The van der Waals surface area contributed by atoms with E-state index in [4.69, 9.17) is 0 Å². The molecule has 4 heterocycles. The molecule has 0 radical (unpaired) electrons. The molecule has 3 aliphatic rings. The van der Waals surface area contributed by atoms with Gasteiger partial charge in [0.15, 0.2) is 0 Å². The van der Waals surface area contributed by atoms with Crippen LogP contribution in [0, 0.1) is 5.92 Å². The number of fused-ring (bicyclic) bond motifs is 5. The molecule has 23 heavy (non-hydrogen) atoms. The highest BCUT2D eigenvalue weighted by Gasteiger charge is 2.36. The van der Waals surface area contributed by atoms with E-state index in [0.717, 1.165) is 42.9 Å². The summed E-state index contributed by atoms with van der Waals surface area (Å²) in [5, 5.41) is 3.66. The average Bonchev–Trinajstić information content (AvgIpc) is 3.20. The second-order valence-electron chi connectivity index (χ2n) is 7.28. The van der Waals surface area contributed by atoms with Gasteiger partial charge in [-0.25, -0.2) is 4.98 Å². The van der Waals surface area contributed by atoms with Crippen molar-refractivity contribution in [3.63, 3.8) is 0 Å². The van der Waals surface area contributed by atoms with E-state index in [1.54, 1.807) is 0 Å². The summed E-state index contributed by atoms with van der Waals surface area (Å²) in [6.45, 7) is 1.63. The lowest BCUT2D eigenvalue weighted by Gasteiger charge is -2.29. The van der Waals surface area contributed by atoms with E-state index in [9.17, 15) is 4.79 Å². The van der Waals surface area contributed by atoms with Crippen molar-refractivity contribution in [2.45, 2.75) is 50.7 Å². The van der Waals surface area contributed by atoms with E-state index in [1.165, 1.54) is 12.8 Å². The number of hydrogen-bond donors (Lipinski definition) is 1. The lowest BCUT2D eigenvalue weighted by molar-refractivity contribution is -0.119. The molecule has 3 aliphatic heterocycles. The fourth-order valence-electron chi connectivity index (χ4n) is 4.72. The SMILES string of the molecule is O=C(CC1CC2CCC(C1)N2)N1CCn2c1nc1ccccc12. The predicted octanol–water partition coefficient (Wildman–Crippen LogP) is 2.30. The van der Waals surface area contributed by atoms with Gasteiger partial charge in [0.2, 0.25) is 11.9 Å². The van der Waals surface area contributed by atoms with Gasteiger partial charge in [-0.3, -0.25) is 9.69 Å². The predicted molar refractivity (Wildman–Crippen MR) is 89.4 cm³/mol.